The predicted octanol–water partition coefficient (Wildman–Crippen LogP) is 2.81. The van der Waals surface area contributed by atoms with Crippen molar-refractivity contribution < 1.29 is 9.59 Å². The van der Waals surface area contributed by atoms with Crippen molar-refractivity contribution in [1.82, 2.24) is 24.7 Å². The van der Waals surface area contributed by atoms with Gasteiger partial charge in [-0.2, -0.15) is 0 Å². The van der Waals surface area contributed by atoms with Crippen LogP contribution in [0.4, 0.5) is 5.82 Å². The van der Waals surface area contributed by atoms with E-state index in [2.05, 4.69) is 14.9 Å². The van der Waals surface area contributed by atoms with Crippen LogP contribution in [-0.4, -0.2) is 75.8 Å². The van der Waals surface area contributed by atoms with Crippen molar-refractivity contribution in [2.24, 2.45) is 5.92 Å². The fraction of sp³-hybridized carbons (Fsp3) is 0.357. The number of aromatic nitrogens is 2. The summed E-state index contributed by atoms with van der Waals surface area (Å²) in [6.45, 7) is 4.81. The first kappa shape index (κ1) is 23.9. The Kier molecular flexibility index (Phi) is 7.23. The third-order valence-corrected chi connectivity index (χ3v) is 7.10. The van der Waals surface area contributed by atoms with Gasteiger partial charge in [0.05, 0.1) is 12.1 Å². The number of fused-ring (bicyclic) bond motifs is 1. The van der Waals surface area contributed by atoms with Gasteiger partial charge < -0.3 is 15.5 Å². The third-order valence-electron chi connectivity index (χ3n) is 7.10. The molecular formula is C28H32N6O2. The number of hydrogen-bond donors (Lipinski definition) is 1. The molecule has 8 heteroatoms. The molecule has 0 aliphatic carbocycles. The van der Waals surface area contributed by atoms with E-state index in [1.54, 1.807) is 6.08 Å². The number of hydrogen-bond acceptors (Lipinski definition) is 6. The first-order valence-corrected chi connectivity index (χ1v) is 12.6. The molecule has 5 rings (SSSR count). The first-order valence-electron chi connectivity index (χ1n) is 12.6. The Morgan fingerprint density at radius 3 is 2.31 bits per heavy atom. The van der Waals surface area contributed by atoms with Gasteiger partial charge in [0.15, 0.2) is 0 Å². The van der Waals surface area contributed by atoms with Gasteiger partial charge >= 0.3 is 0 Å². The molecule has 0 atom stereocenters. The summed E-state index contributed by atoms with van der Waals surface area (Å²) in [6, 6.07) is 17.6. The Labute approximate surface area is 211 Å². The van der Waals surface area contributed by atoms with E-state index in [1.165, 1.54) is 0 Å². The summed E-state index contributed by atoms with van der Waals surface area (Å²) in [6.07, 6.45) is 4.91. The maximum absolute atomic E-state index is 13.1. The van der Waals surface area contributed by atoms with Gasteiger partial charge in [-0.3, -0.25) is 14.5 Å². The van der Waals surface area contributed by atoms with Gasteiger partial charge in [-0.05, 0) is 36.6 Å². The van der Waals surface area contributed by atoms with E-state index < -0.39 is 0 Å². The topological polar surface area (TPSA) is 95.7 Å². The molecule has 0 radical (unpaired) electrons. The number of piperidine rings is 1. The lowest BCUT2D eigenvalue weighted by molar-refractivity contribution is -0.141. The summed E-state index contributed by atoms with van der Waals surface area (Å²) >= 11 is 0. The summed E-state index contributed by atoms with van der Waals surface area (Å²) in [5.74, 6) is 1.43. The monoisotopic (exact) mass is 484 g/mol. The Balaban J connectivity index is 1.08. The van der Waals surface area contributed by atoms with Crippen LogP contribution < -0.4 is 5.73 Å². The van der Waals surface area contributed by atoms with Gasteiger partial charge in [-0.15, -0.1) is 0 Å². The van der Waals surface area contributed by atoms with Crippen molar-refractivity contribution in [3.63, 3.8) is 0 Å². The van der Waals surface area contributed by atoms with Gasteiger partial charge in [-0.1, -0.05) is 42.5 Å². The predicted molar refractivity (Wildman–Crippen MR) is 141 cm³/mol. The van der Waals surface area contributed by atoms with Gasteiger partial charge in [0.1, 0.15) is 11.6 Å². The molecule has 0 saturated carbocycles. The van der Waals surface area contributed by atoms with Crippen LogP contribution in [0.25, 0.3) is 17.0 Å². The molecular weight excluding hydrogens is 452 g/mol. The minimum absolute atomic E-state index is 0.00918. The molecule has 3 aromatic rings. The Morgan fingerprint density at radius 1 is 0.861 bits per heavy atom. The second-order valence-corrected chi connectivity index (χ2v) is 9.49. The molecule has 2 fully saturated rings. The third kappa shape index (κ3) is 5.54. The summed E-state index contributed by atoms with van der Waals surface area (Å²) < 4.78 is 0. The Hall–Kier alpha value is -3.78. The zero-order chi connectivity index (χ0) is 24.9. The second-order valence-electron chi connectivity index (χ2n) is 9.49. The van der Waals surface area contributed by atoms with Crippen LogP contribution in [0.1, 0.15) is 24.2 Å². The van der Waals surface area contributed by atoms with E-state index in [-0.39, 0.29) is 17.7 Å². The SMILES string of the molecule is Nc1nc(CN2CCN(C(=O)C3CCN(C(=O)/C=C/c4ccccc4)CC3)CC2)nc2ccccc12. The highest BCUT2D eigenvalue weighted by Crippen LogP contribution is 2.22. The molecule has 186 valence electrons. The summed E-state index contributed by atoms with van der Waals surface area (Å²) in [5, 5.41) is 0.872. The normalized spacial score (nSPS) is 17.7. The standard InChI is InChI=1S/C28H32N6O2/c29-27-23-8-4-5-9-24(23)30-25(31-27)20-32-16-18-34(19-17-32)28(36)22-12-14-33(15-13-22)26(35)11-10-21-6-2-1-3-7-21/h1-11,22H,12-20H2,(H2,29,30,31)/b11-10+. The highest BCUT2D eigenvalue weighted by atomic mass is 16.2. The number of likely N-dealkylation sites (tertiary alicyclic amines) is 1. The fourth-order valence-corrected chi connectivity index (χ4v) is 4.99. The van der Waals surface area contributed by atoms with Crippen LogP contribution in [-0.2, 0) is 16.1 Å². The number of para-hydroxylation sites is 1. The number of amides is 2. The van der Waals surface area contributed by atoms with Crippen molar-refractivity contribution in [1.29, 1.82) is 0 Å². The van der Waals surface area contributed by atoms with E-state index in [1.807, 2.05) is 70.5 Å². The van der Waals surface area contributed by atoms with Crippen LogP contribution in [0.5, 0.6) is 0 Å². The van der Waals surface area contributed by atoms with Crippen LogP contribution in [0.15, 0.2) is 60.7 Å². The fourth-order valence-electron chi connectivity index (χ4n) is 4.99. The van der Waals surface area contributed by atoms with Crippen molar-refractivity contribution in [2.45, 2.75) is 19.4 Å². The van der Waals surface area contributed by atoms with Crippen LogP contribution in [0.3, 0.4) is 0 Å². The maximum atomic E-state index is 13.1. The van der Waals surface area contributed by atoms with E-state index in [0.29, 0.717) is 57.2 Å². The quantitative estimate of drug-likeness (QED) is 0.560. The van der Waals surface area contributed by atoms with E-state index in [0.717, 1.165) is 29.6 Å². The van der Waals surface area contributed by atoms with Gasteiger partial charge in [0, 0.05) is 56.6 Å². The average molecular weight is 485 g/mol. The lowest BCUT2D eigenvalue weighted by Gasteiger charge is -2.38. The van der Waals surface area contributed by atoms with E-state index in [9.17, 15) is 9.59 Å². The van der Waals surface area contributed by atoms with Crippen molar-refractivity contribution in [3.8, 4) is 0 Å². The molecule has 36 heavy (non-hydrogen) atoms. The first-order chi connectivity index (χ1) is 17.6. The van der Waals surface area contributed by atoms with E-state index in [4.69, 9.17) is 5.73 Å². The van der Waals surface area contributed by atoms with Gasteiger partial charge in [-0.25, -0.2) is 9.97 Å². The molecule has 2 amide bonds. The van der Waals surface area contributed by atoms with E-state index >= 15 is 0 Å². The highest BCUT2D eigenvalue weighted by molar-refractivity contribution is 5.92. The summed E-state index contributed by atoms with van der Waals surface area (Å²) in [7, 11) is 0. The Morgan fingerprint density at radius 2 is 1.56 bits per heavy atom. The lowest BCUT2D eigenvalue weighted by atomic mass is 9.95. The smallest absolute Gasteiger partial charge is 0.246 e. The van der Waals surface area contributed by atoms with Crippen LogP contribution in [0.2, 0.25) is 0 Å². The minimum Gasteiger partial charge on any atom is -0.383 e. The molecule has 2 saturated heterocycles. The number of nitrogens with two attached hydrogens (primary N) is 1. The van der Waals surface area contributed by atoms with Gasteiger partial charge in [0.25, 0.3) is 0 Å². The number of rotatable bonds is 5. The minimum atomic E-state index is -0.0117. The van der Waals surface area contributed by atoms with Crippen molar-refractivity contribution in [3.05, 3.63) is 72.1 Å². The zero-order valence-electron chi connectivity index (χ0n) is 20.4. The zero-order valence-corrected chi connectivity index (χ0v) is 20.4. The largest absolute Gasteiger partial charge is 0.383 e. The van der Waals surface area contributed by atoms with Crippen molar-refractivity contribution in [2.75, 3.05) is 45.0 Å². The summed E-state index contributed by atoms with van der Waals surface area (Å²) in [5.41, 5.74) is 7.99. The number of nitrogens with zero attached hydrogens (tertiary/aromatic N) is 5. The molecule has 2 N–H and O–H groups in total. The summed E-state index contributed by atoms with van der Waals surface area (Å²) in [4.78, 5) is 40.9. The number of anilines is 1. The number of benzene rings is 2. The lowest BCUT2D eigenvalue weighted by Crippen LogP contribution is -2.51. The molecule has 0 bridgehead atoms. The average Bonchev–Trinajstić information content (AvgIpc) is 2.92. The molecule has 0 spiro atoms. The number of carbonyl (C=O) groups is 2. The molecule has 2 aliphatic rings. The number of carbonyl (C=O) groups excluding carboxylic acids is 2. The second kappa shape index (κ2) is 10.9. The van der Waals surface area contributed by atoms with Crippen LogP contribution >= 0.6 is 0 Å². The Bertz CT molecular complexity index is 1250. The number of piperazine rings is 1. The van der Waals surface area contributed by atoms with Gasteiger partial charge in [0.2, 0.25) is 11.8 Å². The molecule has 3 heterocycles. The maximum Gasteiger partial charge on any atom is 0.246 e. The number of nitrogen functional groups attached to an aromatic ring is 1. The highest BCUT2D eigenvalue weighted by Gasteiger charge is 2.31. The van der Waals surface area contributed by atoms with Crippen molar-refractivity contribution >= 4 is 34.6 Å². The molecule has 8 nitrogen and oxygen atoms in total. The molecule has 1 aromatic heterocycles. The molecule has 2 aromatic carbocycles. The molecule has 2 aliphatic heterocycles. The van der Waals surface area contributed by atoms with Crippen LogP contribution in [0, 0.1) is 5.92 Å². The molecule has 0 unspecified atom stereocenters.